The number of nitrogens with zero attached hydrogens (tertiary/aromatic N) is 2. The largest absolute Gasteiger partial charge is 0.317 e. The van der Waals surface area contributed by atoms with Gasteiger partial charge in [0.2, 0.25) is 5.91 Å². The number of benzene rings is 1. The molecule has 21 heavy (non-hydrogen) atoms. The van der Waals surface area contributed by atoms with Crippen molar-refractivity contribution in [3.05, 3.63) is 30.3 Å². The van der Waals surface area contributed by atoms with Crippen molar-refractivity contribution in [2.45, 2.75) is 24.5 Å². The summed E-state index contributed by atoms with van der Waals surface area (Å²) in [6.07, 6.45) is 2.61. The Hall–Kier alpha value is -1.51. The molecule has 0 bridgehead atoms. The smallest absolute Gasteiger partial charge is 0.237 e. The highest BCUT2D eigenvalue weighted by molar-refractivity contribution is 8.00. The van der Waals surface area contributed by atoms with Gasteiger partial charge < -0.3 is 10.2 Å². The van der Waals surface area contributed by atoms with Crippen LogP contribution in [0.2, 0.25) is 0 Å². The Morgan fingerprint density at radius 1 is 1.33 bits per heavy atom. The van der Waals surface area contributed by atoms with Crippen molar-refractivity contribution >= 4 is 23.4 Å². The first-order valence-electron chi connectivity index (χ1n) is 7.36. The number of carbonyl (C=O) groups excluding carboxylic acids is 1. The van der Waals surface area contributed by atoms with Crippen LogP contribution in [0.5, 0.6) is 0 Å². The third-order valence-corrected chi connectivity index (χ3v) is 4.90. The maximum Gasteiger partial charge on any atom is 0.237 e. The predicted octanol–water partition coefficient (Wildman–Crippen LogP) is 2.42. The minimum Gasteiger partial charge on any atom is -0.317 e. The number of thioether (sulfide) groups is 1. The molecule has 1 heterocycles. The number of piperidine rings is 1. The average Bonchev–Trinajstić information content (AvgIpc) is 2.55. The lowest BCUT2D eigenvalue weighted by atomic mass is 10.2. The second-order valence-electron chi connectivity index (χ2n) is 5.05. The lowest BCUT2D eigenvalue weighted by Gasteiger charge is -2.25. The normalized spacial score (nSPS) is 15.4. The summed E-state index contributed by atoms with van der Waals surface area (Å²) < 4.78 is 0. The first kappa shape index (κ1) is 15.9. The molecule has 1 N–H and O–H groups in total. The van der Waals surface area contributed by atoms with Crippen molar-refractivity contribution in [3.63, 3.8) is 0 Å². The minimum absolute atomic E-state index is 0.0972. The van der Waals surface area contributed by atoms with E-state index in [1.165, 1.54) is 0 Å². The number of para-hydroxylation sites is 1. The van der Waals surface area contributed by atoms with Crippen LogP contribution >= 0.6 is 11.8 Å². The van der Waals surface area contributed by atoms with Crippen LogP contribution in [-0.4, -0.2) is 36.5 Å². The molecule has 5 heteroatoms. The predicted molar refractivity (Wildman–Crippen MR) is 87.4 cm³/mol. The maximum atomic E-state index is 12.5. The van der Waals surface area contributed by atoms with Crippen molar-refractivity contribution in [2.75, 3.05) is 30.3 Å². The Bertz CT molecular complexity index is 480. The van der Waals surface area contributed by atoms with Gasteiger partial charge in [-0.05, 0) is 38.1 Å². The molecule has 0 radical (unpaired) electrons. The molecule has 0 saturated carbocycles. The van der Waals surface area contributed by atoms with Gasteiger partial charge in [0.05, 0.1) is 18.2 Å². The molecular formula is C16H21N3OS. The Morgan fingerprint density at radius 3 is 2.71 bits per heavy atom. The first-order chi connectivity index (χ1) is 10.3. The fourth-order valence-electron chi connectivity index (χ4n) is 2.40. The average molecular weight is 303 g/mol. The lowest BCUT2D eigenvalue weighted by Crippen LogP contribution is -2.35. The molecule has 1 fully saturated rings. The molecule has 2 rings (SSSR count). The highest BCUT2D eigenvalue weighted by Crippen LogP contribution is 2.22. The molecule has 0 aromatic heterocycles. The fraction of sp³-hybridized carbons (Fsp3) is 0.500. The van der Waals surface area contributed by atoms with E-state index < -0.39 is 0 Å². The van der Waals surface area contributed by atoms with E-state index in [-0.39, 0.29) is 5.91 Å². The molecular weight excluding hydrogens is 282 g/mol. The zero-order chi connectivity index (χ0) is 14.9. The third-order valence-electron chi connectivity index (χ3n) is 3.54. The number of hydrogen-bond acceptors (Lipinski definition) is 4. The van der Waals surface area contributed by atoms with E-state index in [1.807, 2.05) is 30.3 Å². The Labute approximate surface area is 130 Å². The quantitative estimate of drug-likeness (QED) is 0.877. The van der Waals surface area contributed by atoms with E-state index in [4.69, 9.17) is 5.26 Å². The third kappa shape index (κ3) is 5.07. The molecule has 1 amide bonds. The van der Waals surface area contributed by atoms with Crippen LogP contribution in [-0.2, 0) is 4.79 Å². The van der Waals surface area contributed by atoms with Crippen LogP contribution in [0.1, 0.15) is 19.3 Å². The Balaban J connectivity index is 1.92. The van der Waals surface area contributed by atoms with Gasteiger partial charge in [-0.3, -0.25) is 4.79 Å². The van der Waals surface area contributed by atoms with Gasteiger partial charge >= 0.3 is 0 Å². The molecule has 1 aromatic carbocycles. The number of anilines is 1. The van der Waals surface area contributed by atoms with Gasteiger partial charge in [-0.25, -0.2) is 0 Å². The van der Waals surface area contributed by atoms with Crippen molar-refractivity contribution in [2.24, 2.45) is 0 Å². The lowest BCUT2D eigenvalue weighted by molar-refractivity contribution is -0.116. The van der Waals surface area contributed by atoms with Crippen LogP contribution in [0.4, 0.5) is 5.69 Å². The molecule has 0 atom stereocenters. The highest BCUT2D eigenvalue weighted by atomic mass is 32.2. The molecule has 1 aliphatic rings. The molecule has 0 unspecified atom stereocenters. The molecule has 0 aliphatic carbocycles. The summed E-state index contributed by atoms with van der Waals surface area (Å²) in [4.78, 5) is 14.2. The summed E-state index contributed by atoms with van der Waals surface area (Å²) in [5, 5.41) is 12.7. The number of hydrogen-bond donors (Lipinski definition) is 1. The van der Waals surface area contributed by atoms with Crippen LogP contribution in [0.15, 0.2) is 30.3 Å². The Kier molecular flexibility index (Phi) is 6.58. The van der Waals surface area contributed by atoms with E-state index in [9.17, 15) is 4.79 Å². The van der Waals surface area contributed by atoms with E-state index in [0.717, 1.165) is 31.6 Å². The number of amides is 1. The fourth-order valence-corrected chi connectivity index (χ4v) is 3.50. The van der Waals surface area contributed by atoms with Crippen molar-refractivity contribution in [3.8, 4) is 6.07 Å². The van der Waals surface area contributed by atoms with Gasteiger partial charge in [-0.2, -0.15) is 5.26 Å². The number of rotatable bonds is 6. The van der Waals surface area contributed by atoms with E-state index in [1.54, 1.807) is 16.7 Å². The standard InChI is InChI=1S/C16H21N3OS/c17-9-4-12-19(14-5-2-1-3-6-14)16(20)13-21-15-7-10-18-11-8-15/h1-3,5-6,15,18H,4,7-8,10-13H2. The highest BCUT2D eigenvalue weighted by Gasteiger charge is 2.19. The summed E-state index contributed by atoms with van der Waals surface area (Å²) >= 11 is 1.75. The van der Waals surface area contributed by atoms with Gasteiger partial charge in [0.25, 0.3) is 0 Å². The van der Waals surface area contributed by atoms with E-state index in [2.05, 4.69) is 11.4 Å². The van der Waals surface area contributed by atoms with Crippen LogP contribution in [0.3, 0.4) is 0 Å². The zero-order valence-electron chi connectivity index (χ0n) is 12.1. The minimum atomic E-state index is 0.0972. The topological polar surface area (TPSA) is 56.1 Å². The summed E-state index contributed by atoms with van der Waals surface area (Å²) in [6, 6.07) is 11.7. The summed E-state index contributed by atoms with van der Waals surface area (Å²) in [5.41, 5.74) is 0.878. The van der Waals surface area contributed by atoms with Gasteiger partial charge in [0, 0.05) is 17.5 Å². The van der Waals surface area contributed by atoms with E-state index in [0.29, 0.717) is 24.0 Å². The molecule has 1 aromatic rings. The van der Waals surface area contributed by atoms with Crippen molar-refractivity contribution in [1.82, 2.24) is 5.32 Å². The molecule has 1 aliphatic heterocycles. The first-order valence-corrected chi connectivity index (χ1v) is 8.41. The number of carbonyl (C=O) groups is 1. The van der Waals surface area contributed by atoms with Crippen LogP contribution in [0, 0.1) is 11.3 Å². The second kappa shape index (κ2) is 8.71. The van der Waals surface area contributed by atoms with Gasteiger partial charge in [0.1, 0.15) is 0 Å². The second-order valence-corrected chi connectivity index (χ2v) is 6.34. The van der Waals surface area contributed by atoms with E-state index >= 15 is 0 Å². The molecule has 0 spiro atoms. The van der Waals surface area contributed by atoms with Crippen LogP contribution in [0.25, 0.3) is 0 Å². The van der Waals surface area contributed by atoms with Gasteiger partial charge in [0.15, 0.2) is 0 Å². The monoisotopic (exact) mass is 303 g/mol. The zero-order valence-corrected chi connectivity index (χ0v) is 12.9. The van der Waals surface area contributed by atoms with Crippen LogP contribution < -0.4 is 10.2 Å². The molecule has 1 saturated heterocycles. The SMILES string of the molecule is N#CCCN(C(=O)CSC1CCNCC1)c1ccccc1. The maximum absolute atomic E-state index is 12.5. The summed E-state index contributed by atoms with van der Waals surface area (Å²) in [6.45, 7) is 2.55. The molecule has 4 nitrogen and oxygen atoms in total. The van der Waals surface area contributed by atoms with Gasteiger partial charge in [-0.15, -0.1) is 11.8 Å². The number of nitriles is 1. The molecule has 112 valence electrons. The van der Waals surface area contributed by atoms with Crippen molar-refractivity contribution in [1.29, 1.82) is 5.26 Å². The van der Waals surface area contributed by atoms with Gasteiger partial charge in [-0.1, -0.05) is 18.2 Å². The summed E-state index contributed by atoms with van der Waals surface area (Å²) in [5.74, 6) is 0.588. The number of nitrogens with one attached hydrogen (secondary N) is 1. The Morgan fingerprint density at radius 2 is 2.05 bits per heavy atom. The summed E-state index contributed by atoms with van der Waals surface area (Å²) in [7, 11) is 0. The van der Waals surface area contributed by atoms with Crippen molar-refractivity contribution < 1.29 is 4.79 Å².